The molecule has 0 aliphatic rings. The van der Waals surface area contributed by atoms with E-state index in [9.17, 15) is 12.8 Å². The Morgan fingerprint density at radius 1 is 1.35 bits per heavy atom. The molecule has 1 aromatic carbocycles. The minimum atomic E-state index is -4.07. The van der Waals surface area contributed by atoms with Gasteiger partial charge in [-0.05, 0) is 17.7 Å². The van der Waals surface area contributed by atoms with E-state index in [1.165, 1.54) is 12.4 Å². The van der Waals surface area contributed by atoms with Gasteiger partial charge in [0.25, 0.3) is 0 Å². The van der Waals surface area contributed by atoms with Crippen LogP contribution in [0.2, 0.25) is 0 Å². The van der Waals surface area contributed by atoms with E-state index in [0.717, 1.165) is 17.5 Å². The maximum absolute atomic E-state index is 13.8. The molecule has 120 valence electrons. The Hall–Kier alpha value is -2.59. The van der Waals surface area contributed by atoms with E-state index < -0.39 is 20.7 Å². The number of primary sulfonamides is 1. The molecule has 3 N–H and O–H groups in total. The number of nitrogens with two attached hydrogens (primary N) is 1. The monoisotopic (exact) mass is 336 g/mol. The van der Waals surface area contributed by atoms with Crippen molar-refractivity contribution in [3.8, 4) is 0 Å². The summed E-state index contributed by atoms with van der Waals surface area (Å²) < 4.78 is 37.8. The Bertz CT molecular complexity index is 985. The molecule has 0 radical (unpaired) electrons. The lowest BCUT2D eigenvalue weighted by molar-refractivity contribution is 0.567. The number of aromatic nitrogens is 4. The summed E-state index contributed by atoms with van der Waals surface area (Å²) in [6.07, 6.45) is 3.03. The first-order valence-electron chi connectivity index (χ1n) is 6.54. The Kier molecular flexibility index (Phi) is 3.70. The van der Waals surface area contributed by atoms with Crippen LogP contribution in [0.5, 0.6) is 0 Å². The quantitative estimate of drug-likeness (QED) is 0.727. The molecule has 8 nitrogen and oxygen atoms in total. The van der Waals surface area contributed by atoms with Crippen molar-refractivity contribution in [3.05, 3.63) is 42.1 Å². The molecule has 0 saturated carbocycles. The van der Waals surface area contributed by atoms with Gasteiger partial charge in [0.1, 0.15) is 22.9 Å². The first-order valence-corrected chi connectivity index (χ1v) is 8.08. The smallest absolute Gasteiger partial charge is 0.240 e. The van der Waals surface area contributed by atoms with Crippen molar-refractivity contribution in [3.63, 3.8) is 0 Å². The molecule has 0 spiro atoms. The average Bonchev–Trinajstić information content (AvgIpc) is 2.86. The maximum atomic E-state index is 13.8. The predicted octanol–water partition coefficient (Wildman–Crippen LogP) is 0.762. The van der Waals surface area contributed by atoms with Gasteiger partial charge in [-0.15, -0.1) is 0 Å². The molecule has 0 aliphatic heterocycles. The first kappa shape index (κ1) is 15.3. The largest absolute Gasteiger partial charge is 0.365 e. The van der Waals surface area contributed by atoms with Crippen LogP contribution in [-0.2, 0) is 23.6 Å². The number of halogens is 1. The summed E-state index contributed by atoms with van der Waals surface area (Å²) in [4.78, 5) is 7.72. The lowest BCUT2D eigenvalue weighted by Crippen LogP contribution is -2.14. The molecule has 2 aromatic heterocycles. The fraction of sp³-hybridized carbons (Fsp3) is 0.154. The lowest BCUT2D eigenvalue weighted by atomic mass is 10.2. The molecule has 0 aliphatic carbocycles. The zero-order chi connectivity index (χ0) is 16.6. The molecule has 0 saturated heterocycles. The van der Waals surface area contributed by atoms with Crippen molar-refractivity contribution < 1.29 is 12.8 Å². The van der Waals surface area contributed by atoms with Gasteiger partial charge in [0.2, 0.25) is 10.0 Å². The Morgan fingerprint density at radius 2 is 2.13 bits per heavy atom. The summed E-state index contributed by atoms with van der Waals surface area (Å²) in [5.41, 5.74) is 1.21. The number of rotatable bonds is 4. The highest BCUT2D eigenvalue weighted by Crippen LogP contribution is 2.19. The van der Waals surface area contributed by atoms with Crippen LogP contribution in [0.3, 0.4) is 0 Å². The summed E-state index contributed by atoms with van der Waals surface area (Å²) in [5, 5.41) is 12.8. The highest BCUT2D eigenvalue weighted by molar-refractivity contribution is 7.89. The minimum absolute atomic E-state index is 0.253. The number of fused-ring (bicyclic) bond motifs is 1. The van der Waals surface area contributed by atoms with Crippen LogP contribution in [0, 0.1) is 5.82 Å². The first-order chi connectivity index (χ1) is 10.9. The van der Waals surface area contributed by atoms with Crippen LogP contribution in [-0.4, -0.2) is 28.2 Å². The summed E-state index contributed by atoms with van der Waals surface area (Å²) in [7, 11) is -2.31. The fourth-order valence-corrected chi connectivity index (χ4v) is 2.76. The average molecular weight is 336 g/mol. The summed E-state index contributed by atoms with van der Waals surface area (Å²) >= 11 is 0. The highest BCUT2D eigenvalue weighted by atomic mass is 32.2. The third-order valence-electron chi connectivity index (χ3n) is 3.29. The van der Waals surface area contributed by atoms with Crippen molar-refractivity contribution in [2.24, 2.45) is 12.2 Å². The van der Waals surface area contributed by atoms with E-state index in [1.807, 2.05) is 0 Å². The van der Waals surface area contributed by atoms with Crippen LogP contribution < -0.4 is 10.5 Å². The van der Waals surface area contributed by atoms with Gasteiger partial charge in [0, 0.05) is 13.6 Å². The number of hydrogen-bond acceptors (Lipinski definition) is 6. The molecule has 0 bridgehead atoms. The van der Waals surface area contributed by atoms with Crippen LogP contribution >= 0.6 is 0 Å². The highest BCUT2D eigenvalue weighted by Gasteiger charge is 2.14. The molecule has 23 heavy (non-hydrogen) atoms. The number of hydrogen-bond donors (Lipinski definition) is 2. The van der Waals surface area contributed by atoms with Gasteiger partial charge in [0.05, 0.1) is 11.6 Å². The van der Waals surface area contributed by atoms with Gasteiger partial charge in [-0.1, -0.05) is 6.07 Å². The normalized spacial score (nSPS) is 11.8. The van der Waals surface area contributed by atoms with E-state index in [4.69, 9.17) is 5.14 Å². The van der Waals surface area contributed by atoms with E-state index in [0.29, 0.717) is 17.0 Å². The van der Waals surface area contributed by atoms with Crippen LogP contribution in [0.25, 0.3) is 11.0 Å². The van der Waals surface area contributed by atoms with Crippen molar-refractivity contribution in [2.45, 2.75) is 11.4 Å². The van der Waals surface area contributed by atoms with Gasteiger partial charge < -0.3 is 5.32 Å². The van der Waals surface area contributed by atoms with E-state index in [1.54, 1.807) is 17.9 Å². The number of nitrogens with zero attached hydrogens (tertiary/aromatic N) is 4. The van der Waals surface area contributed by atoms with E-state index in [2.05, 4.69) is 20.4 Å². The van der Waals surface area contributed by atoms with Gasteiger partial charge in [0.15, 0.2) is 5.65 Å². The van der Waals surface area contributed by atoms with Crippen molar-refractivity contribution >= 4 is 26.9 Å². The topological polar surface area (TPSA) is 116 Å². The molecule has 10 heteroatoms. The minimum Gasteiger partial charge on any atom is -0.365 e. The number of anilines is 1. The van der Waals surface area contributed by atoms with Crippen LogP contribution in [0.15, 0.2) is 35.6 Å². The fourth-order valence-electron chi connectivity index (χ4n) is 2.17. The van der Waals surface area contributed by atoms with Gasteiger partial charge >= 0.3 is 0 Å². The van der Waals surface area contributed by atoms with Crippen LogP contribution in [0.1, 0.15) is 5.56 Å². The molecule has 3 aromatic rings. The summed E-state index contributed by atoms with van der Waals surface area (Å²) in [6.45, 7) is 0.253. The second-order valence-electron chi connectivity index (χ2n) is 4.89. The zero-order valence-corrected chi connectivity index (χ0v) is 12.9. The van der Waals surface area contributed by atoms with Crippen molar-refractivity contribution in [1.82, 2.24) is 19.7 Å². The number of benzene rings is 1. The Balaban J connectivity index is 1.84. The summed E-state index contributed by atoms with van der Waals surface area (Å²) in [5.74, 6) is -0.333. The van der Waals surface area contributed by atoms with Crippen molar-refractivity contribution in [1.29, 1.82) is 0 Å². The molecule has 0 atom stereocenters. The van der Waals surface area contributed by atoms with Crippen molar-refractivity contribution in [2.75, 3.05) is 5.32 Å². The van der Waals surface area contributed by atoms with Gasteiger partial charge in [-0.3, -0.25) is 4.68 Å². The van der Waals surface area contributed by atoms with Crippen LogP contribution in [0.4, 0.5) is 10.2 Å². The van der Waals surface area contributed by atoms with Gasteiger partial charge in [-0.25, -0.2) is 27.9 Å². The third-order valence-corrected chi connectivity index (χ3v) is 4.24. The lowest BCUT2D eigenvalue weighted by Gasteiger charge is -2.08. The molecule has 0 amide bonds. The second kappa shape index (κ2) is 5.56. The van der Waals surface area contributed by atoms with Gasteiger partial charge in [-0.2, -0.15) is 5.10 Å². The number of nitrogens with one attached hydrogen (secondary N) is 1. The predicted molar refractivity (Wildman–Crippen MR) is 81.4 cm³/mol. The molecule has 0 unspecified atom stereocenters. The zero-order valence-electron chi connectivity index (χ0n) is 12.1. The maximum Gasteiger partial charge on any atom is 0.240 e. The number of aryl methyl sites for hydroxylation is 1. The third kappa shape index (κ3) is 2.98. The Morgan fingerprint density at radius 3 is 2.83 bits per heavy atom. The Labute approximate surface area is 131 Å². The number of sulfonamides is 1. The molecular formula is C13H13FN6O2S. The SMILES string of the molecule is Cn1ncc2c(NCc3ccc(S(N)(=O)=O)c(F)c3)ncnc21. The molecule has 3 rings (SSSR count). The van der Waals surface area contributed by atoms with E-state index in [-0.39, 0.29) is 6.54 Å². The molecule has 0 fully saturated rings. The molecule has 2 heterocycles. The molecular weight excluding hydrogens is 323 g/mol. The summed E-state index contributed by atoms with van der Waals surface area (Å²) in [6, 6.07) is 3.74. The van der Waals surface area contributed by atoms with E-state index >= 15 is 0 Å². The second-order valence-corrected chi connectivity index (χ2v) is 6.42. The standard InChI is InChI=1S/C13H13FN6O2S/c1-20-13-9(6-19-20)12(17-7-18-13)16-5-8-2-3-11(10(14)4-8)23(15,21)22/h2-4,6-7H,5H2,1H3,(H2,15,21,22)(H,16,17,18).